The van der Waals surface area contributed by atoms with E-state index in [0.29, 0.717) is 94.1 Å². The lowest BCUT2D eigenvalue weighted by Crippen LogP contribution is -2.29. The standard InChI is InChI=1S/2C24H21N7O2.C12H9Cl2N5.C6H8BNO3/c2*1-32-20-8-6-16(13-26-20)19-10-12-31-22(19)24(28-15-18-5-3-4-11-25-18)29-23(30-31)17-7-9-21(33-2)27-14-17;13-9-4-6-19-10(9)11(17-12(14)18-19)16-7-8-3-1-2-5-15-8;1-11-6-3-2-5(4-8-6)7(9)10/h2*3-14H,15H2,1-2H3,(H,28,29,30);1-6H,7H2,(H,16,17,18);2-4,9-10H,1H3. The van der Waals surface area contributed by atoms with Crippen LogP contribution >= 0.6 is 23.2 Å². The van der Waals surface area contributed by atoms with Gasteiger partial charge in [-0.15, -0.1) is 15.3 Å². The van der Waals surface area contributed by atoms with Crippen molar-refractivity contribution in [2.75, 3.05) is 51.5 Å². The van der Waals surface area contributed by atoms with E-state index in [1.165, 1.54) is 19.4 Å². The van der Waals surface area contributed by atoms with E-state index in [0.717, 1.165) is 61.5 Å². The van der Waals surface area contributed by atoms with Crippen molar-refractivity contribution >= 4 is 69.8 Å². The third-order valence-electron chi connectivity index (χ3n) is 14.1. The lowest BCUT2D eigenvalue weighted by Gasteiger charge is -2.12. The smallest absolute Gasteiger partial charge is 0.481 e. The summed E-state index contributed by atoms with van der Waals surface area (Å²) in [6.07, 6.45) is 19.1. The zero-order valence-corrected chi connectivity index (χ0v) is 53.6. The fourth-order valence-corrected chi connectivity index (χ4v) is 9.77. The maximum absolute atomic E-state index is 8.66. The molecule has 14 heterocycles. The molecule has 5 N–H and O–H groups in total. The molecule has 14 aromatic rings. The number of rotatable bonds is 19. The van der Waals surface area contributed by atoms with Gasteiger partial charge in [0, 0.05) is 131 Å². The highest BCUT2D eigenvalue weighted by atomic mass is 35.5. The molecule has 0 aliphatic carbocycles. The summed E-state index contributed by atoms with van der Waals surface area (Å²) in [7, 11) is 6.39. The Hall–Kier alpha value is -12.0. The SMILES string of the molecule is COc1ccc(-c2nc(NCc3ccccn3)c3c(-c4ccc(OC)nc4)ccn3n2)cn1.COc1ccc(-c2nc(NCc3ccccn3)c3c(-c4ccc(OC)nc4)ccn3n2)cn1.COc1ccc(B(O)O)cn1.Clc1nc(NCc2ccccn2)c2c(Cl)ccn2n1. The molecular weight excluding hydrogens is 1270 g/mol. The Labute approximate surface area is 559 Å². The van der Waals surface area contributed by atoms with Gasteiger partial charge in [0.25, 0.3) is 0 Å². The van der Waals surface area contributed by atoms with Crippen molar-refractivity contribution in [2.24, 2.45) is 0 Å². The Morgan fingerprint density at radius 3 is 1.09 bits per heavy atom. The van der Waals surface area contributed by atoms with Crippen LogP contribution in [0.15, 0.2) is 202 Å². The molecule has 0 amide bonds. The summed E-state index contributed by atoms with van der Waals surface area (Å²) >= 11 is 12.0. The van der Waals surface area contributed by atoms with Gasteiger partial charge in [-0.3, -0.25) is 15.0 Å². The molecule has 27 nitrogen and oxygen atoms in total. The molecule has 0 fully saturated rings. The van der Waals surface area contributed by atoms with Crippen molar-refractivity contribution in [3.05, 3.63) is 229 Å². The van der Waals surface area contributed by atoms with Gasteiger partial charge >= 0.3 is 7.12 Å². The van der Waals surface area contributed by atoms with Crippen LogP contribution in [0, 0.1) is 0 Å². The average molecular weight is 1330 g/mol. The third kappa shape index (κ3) is 16.3. The minimum absolute atomic E-state index is 0.156. The Kier molecular flexibility index (Phi) is 21.5. The van der Waals surface area contributed by atoms with E-state index < -0.39 is 7.12 Å². The van der Waals surface area contributed by atoms with Crippen molar-refractivity contribution < 1.29 is 33.7 Å². The normalized spacial score (nSPS) is 10.7. The number of pyridine rings is 8. The second kappa shape index (κ2) is 31.6. The average Bonchev–Trinajstić information content (AvgIpc) is 1.58. The number of fused-ring (bicyclic) bond motifs is 3. The van der Waals surface area contributed by atoms with Crippen molar-refractivity contribution in [3.8, 4) is 74.4 Å². The van der Waals surface area contributed by atoms with E-state index in [1.807, 2.05) is 125 Å². The molecule has 14 aromatic heterocycles. The van der Waals surface area contributed by atoms with Crippen LogP contribution in [0.2, 0.25) is 10.3 Å². The van der Waals surface area contributed by atoms with Crippen molar-refractivity contribution in [1.29, 1.82) is 0 Å². The van der Waals surface area contributed by atoms with Crippen LogP contribution in [0.25, 0.3) is 61.6 Å². The number of halogens is 2. The maximum Gasteiger partial charge on any atom is 0.490 e. The molecule has 0 saturated carbocycles. The highest BCUT2D eigenvalue weighted by Gasteiger charge is 2.19. The van der Waals surface area contributed by atoms with Gasteiger partial charge in [0.05, 0.1) is 77.3 Å². The van der Waals surface area contributed by atoms with E-state index in [4.69, 9.17) is 77.1 Å². The fraction of sp³-hybridized carbons (Fsp3) is 0.121. The molecule has 30 heteroatoms. The van der Waals surface area contributed by atoms with Gasteiger partial charge in [0.15, 0.2) is 29.1 Å². The molecule has 0 aliphatic heterocycles. The first-order valence-corrected chi connectivity index (χ1v) is 30.0. The molecule has 0 spiro atoms. The molecule has 0 aliphatic rings. The number of nitrogens with zero attached hydrogens (tertiary/aromatic N) is 17. The summed E-state index contributed by atoms with van der Waals surface area (Å²) in [6.45, 7) is 1.56. The molecule has 0 saturated heterocycles. The van der Waals surface area contributed by atoms with Crippen LogP contribution in [0.1, 0.15) is 17.1 Å². The van der Waals surface area contributed by atoms with E-state index in [-0.39, 0.29) is 5.28 Å². The van der Waals surface area contributed by atoms with Gasteiger partial charge < -0.3 is 49.7 Å². The van der Waals surface area contributed by atoms with Crippen LogP contribution in [-0.2, 0) is 19.6 Å². The highest BCUT2D eigenvalue weighted by Crippen LogP contribution is 2.34. The molecule has 482 valence electrons. The molecule has 0 aromatic carbocycles. The first-order chi connectivity index (χ1) is 47.0. The summed E-state index contributed by atoms with van der Waals surface area (Å²) in [5.41, 5.74) is 10.8. The second-order valence-electron chi connectivity index (χ2n) is 20.2. The summed E-state index contributed by atoms with van der Waals surface area (Å²) in [6, 6.07) is 41.1. The van der Waals surface area contributed by atoms with Crippen LogP contribution in [0.4, 0.5) is 17.5 Å². The van der Waals surface area contributed by atoms with Gasteiger partial charge in [-0.25, -0.2) is 48.4 Å². The minimum Gasteiger partial charge on any atom is -0.481 e. The summed E-state index contributed by atoms with van der Waals surface area (Å²) in [5, 5.41) is 41.6. The summed E-state index contributed by atoms with van der Waals surface area (Å²) in [4.78, 5) is 47.9. The number of aromatic nitrogens is 17. The van der Waals surface area contributed by atoms with Crippen LogP contribution in [0.3, 0.4) is 0 Å². The number of nitrogens with one attached hydrogen (secondary N) is 3. The first kappa shape index (κ1) is 65.5. The predicted molar refractivity (Wildman–Crippen MR) is 363 cm³/mol. The monoisotopic (exact) mass is 1320 g/mol. The van der Waals surface area contributed by atoms with Crippen molar-refractivity contribution in [2.45, 2.75) is 19.6 Å². The predicted octanol–water partition coefficient (Wildman–Crippen LogP) is 9.57. The highest BCUT2D eigenvalue weighted by molar-refractivity contribution is 6.58. The Balaban J connectivity index is 0.000000139. The topological polar surface area (TPSA) is 316 Å². The Morgan fingerprint density at radius 2 is 0.750 bits per heavy atom. The first-order valence-electron chi connectivity index (χ1n) is 29.3. The maximum atomic E-state index is 8.66. The second-order valence-corrected chi connectivity index (χ2v) is 20.9. The zero-order chi connectivity index (χ0) is 66.8. The lowest BCUT2D eigenvalue weighted by atomic mass is 9.82. The lowest BCUT2D eigenvalue weighted by molar-refractivity contribution is 0.397. The summed E-state index contributed by atoms with van der Waals surface area (Å²) in [5.74, 6) is 5.65. The largest absolute Gasteiger partial charge is 0.490 e. The van der Waals surface area contributed by atoms with Gasteiger partial charge in [-0.1, -0.05) is 35.9 Å². The van der Waals surface area contributed by atoms with Crippen LogP contribution in [-0.4, -0.2) is 136 Å². The van der Waals surface area contributed by atoms with E-state index in [1.54, 1.807) is 107 Å². The van der Waals surface area contributed by atoms with Gasteiger partial charge in [-0.05, 0) is 96.5 Å². The fourth-order valence-electron chi connectivity index (χ4n) is 9.37. The molecule has 0 unspecified atom stereocenters. The number of hydrogen-bond acceptors (Lipinski definition) is 24. The van der Waals surface area contributed by atoms with E-state index in [2.05, 4.69) is 65.9 Å². The zero-order valence-electron chi connectivity index (χ0n) is 52.0. The van der Waals surface area contributed by atoms with Crippen molar-refractivity contribution in [1.82, 2.24) is 83.7 Å². The molecular formula is C66H59BCl2N20O7. The van der Waals surface area contributed by atoms with Crippen LogP contribution < -0.4 is 45.1 Å². The van der Waals surface area contributed by atoms with Crippen LogP contribution in [0.5, 0.6) is 29.4 Å². The Bertz CT molecular complexity index is 4590. The molecule has 0 atom stereocenters. The molecule has 0 radical (unpaired) electrons. The number of methoxy groups -OCH3 is 5. The van der Waals surface area contributed by atoms with Gasteiger partial charge in [-0.2, -0.15) is 4.98 Å². The van der Waals surface area contributed by atoms with Crippen molar-refractivity contribution in [3.63, 3.8) is 0 Å². The van der Waals surface area contributed by atoms with E-state index >= 15 is 0 Å². The van der Waals surface area contributed by atoms with Gasteiger partial charge in [0.2, 0.25) is 34.7 Å². The Morgan fingerprint density at radius 1 is 0.385 bits per heavy atom. The summed E-state index contributed by atoms with van der Waals surface area (Å²) < 4.78 is 30.7. The van der Waals surface area contributed by atoms with Gasteiger partial charge in [0.1, 0.15) is 16.6 Å². The number of ether oxygens (including phenoxy) is 5. The quantitative estimate of drug-likeness (QED) is 0.0470. The number of hydrogen-bond donors (Lipinski definition) is 5. The number of anilines is 3. The molecule has 96 heavy (non-hydrogen) atoms. The minimum atomic E-state index is -1.46. The van der Waals surface area contributed by atoms with E-state index in [9.17, 15) is 0 Å². The molecule has 0 bridgehead atoms. The molecule has 14 rings (SSSR count). The third-order valence-corrected chi connectivity index (χ3v) is 14.6.